The summed E-state index contributed by atoms with van der Waals surface area (Å²) < 4.78 is 7.87. The zero-order valence-electron chi connectivity index (χ0n) is 18.7. The zero-order chi connectivity index (χ0) is 23.5. The van der Waals surface area contributed by atoms with E-state index in [1.165, 1.54) is 28.0 Å². The van der Waals surface area contributed by atoms with Crippen molar-refractivity contribution in [3.05, 3.63) is 64.3 Å². The van der Waals surface area contributed by atoms with Gasteiger partial charge in [-0.1, -0.05) is 48.2 Å². The molecular formula is C25H23N5O2S2. The van der Waals surface area contributed by atoms with Crippen LogP contribution in [0.2, 0.25) is 0 Å². The first kappa shape index (κ1) is 22.4. The molecule has 34 heavy (non-hydrogen) atoms. The third-order valence-corrected chi connectivity index (χ3v) is 8.13. The van der Waals surface area contributed by atoms with Crippen LogP contribution in [-0.2, 0) is 31.3 Å². The molecule has 172 valence electrons. The van der Waals surface area contributed by atoms with Crippen LogP contribution in [0, 0.1) is 11.3 Å². The minimum Gasteiger partial charge on any atom is -0.485 e. The van der Waals surface area contributed by atoms with E-state index in [4.69, 9.17) is 4.74 Å². The highest BCUT2D eigenvalue weighted by Crippen LogP contribution is 2.37. The fraction of sp³-hybridized carbons (Fsp3) is 0.280. The van der Waals surface area contributed by atoms with Crippen LogP contribution in [0.5, 0.6) is 5.75 Å². The highest BCUT2D eigenvalue weighted by molar-refractivity contribution is 7.99. The van der Waals surface area contributed by atoms with Crippen LogP contribution in [0.4, 0.5) is 5.00 Å². The molecule has 2 aromatic carbocycles. The average molecular weight is 490 g/mol. The van der Waals surface area contributed by atoms with Crippen LogP contribution < -0.4 is 10.1 Å². The number of carbonyl (C=O) groups excluding carboxylic acids is 1. The number of rotatable bonds is 7. The van der Waals surface area contributed by atoms with Gasteiger partial charge < -0.3 is 14.6 Å². The fourth-order valence-electron chi connectivity index (χ4n) is 4.13. The predicted octanol–water partition coefficient (Wildman–Crippen LogP) is 5.09. The van der Waals surface area contributed by atoms with Crippen molar-refractivity contribution in [2.24, 2.45) is 7.05 Å². The van der Waals surface area contributed by atoms with Crippen LogP contribution in [0.3, 0.4) is 0 Å². The van der Waals surface area contributed by atoms with Gasteiger partial charge in [0.25, 0.3) is 0 Å². The summed E-state index contributed by atoms with van der Waals surface area (Å²) in [7, 11) is 1.86. The Labute approximate surface area is 205 Å². The van der Waals surface area contributed by atoms with Crippen LogP contribution in [0.25, 0.3) is 10.8 Å². The SMILES string of the molecule is Cn1c(COc2cccc3ccccc23)nnc1SCC(=O)Nc1sc2c(c1C#N)CCCC2. The molecular weight excluding hydrogens is 466 g/mol. The van der Waals surface area contributed by atoms with E-state index in [2.05, 4.69) is 33.7 Å². The minimum absolute atomic E-state index is 0.156. The molecule has 1 amide bonds. The lowest BCUT2D eigenvalue weighted by atomic mass is 9.96. The number of hydrogen-bond donors (Lipinski definition) is 1. The number of thioether (sulfide) groups is 1. The number of aromatic nitrogens is 3. The lowest BCUT2D eigenvalue weighted by molar-refractivity contribution is -0.113. The van der Waals surface area contributed by atoms with Crippen LogP contribution >= 0.6 is 23.1 Å². The molecule has 1 aliphatic rings. The Kier molecular flexibility index (Phi) is 6.52. The van der Waals surface area contributed by atoms with Crippen LogP contribution in [0.1, 0.15) is 34.7 Å². The van der Waals surface area contributed by atoms with Gasteiger partial charge in [0.15, 0.2) is 11.0 Å². The van der Waals surface area contributed by atoms with Gasteiger partial charge in [-0.25, -0.2) is 0 Å². The van der Waals surface area contributed by atoms with E-state index in [9.17, 15) is 10.1 Å². The largest absolute Gasteiger partial charge is 0.485 e. The van der Waals surface area contributed by atoms with Gasteiger partial charge in [0.1, 0.15) is 23.4 Å². The van der Waals surface area contributed by atoms with Crippen molar-refractivity contribution in [1.82, 2.24) is 14.8 Å². The molecule has 0 atom stereocenters. The minimum atomic E-state index is -0.156. The van der Waals surface area contributed by atoms with Gasteiger partial charge in [-0.2, -0.15) is 5.26 Å². The molecule has 1 aliphatic carbocycles. The summed E-state index contributed by atoms with van der Waals surface area (Å²) in [6.07, 6.45) is 4.14. The van der Waals surface area contributed by atoms with Gasteiger partial charge >= 0.3 is 0 Å². The number of fused-ring (bicyclic) bond motifs is 2. The standard InChI is InChI=1S/C25H23N5O2S2/c1-30-22(14-32-20-11-6-8-16-7-2-3-9-17(16)20)28-29-25(30)33-15-23(31)27-24-19(13-26)18-10-4-5-12-21(18)34-24/h2-3,6-9,11H,4-5,10,12,14-15H2,1H3,(H,27,31). The first-order valence-corrected chi connectivity index (χ1v) is 12.9. The van der Waals surface area contributed by atoms with Gasteiger partial charge in [-0.15, -0.1) is 21.5 Å². The number of hydrogen-bond acceptors (Lipinski definition) is 7. The number of anilines is 1. The molecule has 2 heterocycles. The number of nitriles is 1. The molecule has 7 nitrogen and oxygen atoms in total. The second-order valence-electron chi connectivity index (χ2n) is 8.09. The van der Waals surface area contributed by atoms with E-state index in [0.29, 0.717) is 21.5 Å². The highest BCUT2D eigenvalue weighted by Gasteiger charge is 2.22. The molecule has 0 aliphatic heterocycles. The Morgan fingerprint density at radius 3 is 2.91 bits per heavy atom. The van der Waals surface area contributed by atoms with Crippen molar-refractivity contribution in [3.8, 4) is 11.8 Å². The lowest BCUT2D eigenvalue weighted by Crippen LogP contribution is -2.14. The smallest absolute Gasteiger partial charge is 0.235 e. The summed E-state index contributed by atoms with van der Waals surface area (Å²) in [6.45, 7) is 0.274. The monoisotopic (exact) mass is 489 g/mol. The number of nitrogens with one attached hydrogen (secondary N) is 1. The Morgan fingerprint density at radius 1 is 1.21 bits per heavy atom. The second-order valence-corrected chi connectivity index (χ2v) is 10.1. The highest BCUT2D eigenvalue weighted by atomic mass is 32.2. The van der Waals surface area contributed by atoms with Crippen molar-refractivity contribution in [2.45, 2.75) is 37.4 Å². The molecule has 0 radical (unpaired) electrons. The third-order valence-electron chi connectivity index (χ3n) is 5.90. The van der Waals surface area contributed by atoms with E-state index in [-0.39, 0.29) is 18.3 Å². The maximum absolute atomic E-state index is 12.6. The second kappa shape index (κ2) is 9.87. The molecule has 5 rings (SSSR count). The molecule has 0 unspecified atom stereocenters. The summed E-state index contributed by atoms with van der Waals surface area (Å²) in [6, 6.07) is 16.3. The molecule has 0 fully saturated rings. The third kappa shape index (κ3) is 4.52. The summed E-state index contributed by atoms with van der Waals surface area (Å²) in [5, 5.41) is 24.4. The molecule has 0 saturated heterocycles. The van der Waals surface area contributed by atoms with E-state index in [0.717, 1.165) is 47.8 Å². The van der Waals surface area contributed by atoms with Crippen molar-refractivity contribution in [1.29, 1.82) is 5.26 Å². The Hall–Kier alpha value is -3.35. The van der Waals surface area contributed by atoms with Crippen molar-refractivity contribution < 1.29 is 9.53 Å². The maximum atomic E-state index is 12.6. The number of ether oxygens (including phenoxy) is 1. The molecule has 9 heteroatoms. The average Bonchev–Trinajstić information content (AvgIpc) is 3.40. The van der Waals surface area contributed by atoms with Crippen molar-refractivity contribution in [2.75, 3.05) is 11.1 Å². The topological polar surface area (TPSA) is 92.8 Å². The summed E-state index contributed by atoms with van der Waals surface area (Å²) >= 11 is 2.85. The van der Waals surface area contributed by atoms with E-state index in [1.807, 2.05) is 41.9 Å². The normalized spacial score (nSPS) is 12.8. The number of benzene rings is 2. The zero-order valence-corrected chi connectivity index (χ0v) is 20.3. The first-order chi connectivity index (χ1) is 16.6. The maximum Gasteiger partial charge on any atom is 0.235 e. The first-order valence-electron chi connectivity index (χ1n) is 11.1. The Morgan fingerprint density at radius 2 is 2.03 bits per heavy atom. The van der Waals surface area contributed by atoms with E-state index >= 15 is 0 Å². The molecule has 0 saturated carbocycles. The Bertz CT molecular complexity index is 1400. The number of thiophene rings is 1. The molecule has 1 N–H and O–H groups in total. The fourth-order valence-corrected chi connectivity index (χ4v) is 6.11. The van der Waals surface area contributed by atoms with Gasteiger partial charge in [-0.3, -0.25) is 4.79 Å². The molecule has 0 spiro atoms. The molecule has 2 aromatic heterocycles. The number of nitrogens with zero attached hydrogens (tertiary/aromatic N) is 4. The molecule has 4 aromatic rings. The van der Waals surface area contributed by atoms with Crippen molar-refractivity contribution in [3.63, 3.8) is 0 Å². The lowest BCUT2D eigenvalue weighted by Gasteiger charge is -2.09. The van der Waals surface area contributed by atoms with Crippen LogP contribution in [-0.4, -0.2) is 26.4 Å². The quantitative estimate of drug-likeness (QED) is 0.364. The van der Waals surface area contributed by atoms with Gasteiger partial charge in [0.05, 0.1) is 11.3 Å². The summed E-state index contributed by atoms with van der Waals surface area (Å²) in [4.78, 5) is 13.8. The predicted molar refractivity (Wildman–Crippen MR) is 134 cm³/mol. The van der Waals surface area contributed by atoms with Crippen molar-refractivity contribution >= 4 is 44.8 Å². The Balaban J connectivity index is 1.20. The van der Waals surface area contributed by atoms with Crippen LogP contribution in [0.15, 0.2) is 47.6 Å². The number of carbonyl (C=O) groups is 1. The van der Waals surface area contributed by atoms with E-state index < -0.39 is 0 Å². The number of aryl methyl sites for hydroxylation is 1. The van der Waals surface area contributed by atoms with Gasteiger partial charge in [-0.05, 0) is 42.7 Å². The summed E-state index contributed by atoms with van der Waals surface area (Å²) in [5.41, 5.74) is 1.75. The van der Waals surface area contributed by atoms with Gasteiger partial charge in [0.2, 0.25) is 5.91 Å². The molecule has 0 bridgehead atoms. The number of amides is 1. The summed E-state index contributed by atoms with van der Waals surface area (Å²) in [5.74, 6) is 1.50. The van der Waals surface area contributed by atoms with E-state index in [1.54, 1.807) is 0 Å². The van der Waals surface area contributed by atoms with Gasteiger partial charge in [0, 0.05) is 17.3 Å².